The van der Waals surface area contributed by atoms with E-state index in [1.54, 1.807) is 7.11 Å². The summed E-state index contributed by atoms with van der Waals surface area (Å²) in [4.78, 5) is 25.6. The van der Waals surface area contributed by atoms with Crippen molar-refractivity contribution in [3.8, 4) is 0 Å². The molecule has 1 saturated carbocycles. The molecule has 0 spiro atoms. The molecule has 5 nitrogen and oxygen atoms in total. The van der Waals surface area contributed by atoms with Gasteiger partial charge in [0.2, 0.25) is 5.91 Å². The number of aryl methyl sites for hydroxylation is 2. The zero-order valence-electron chi connectivity index (χ0n) is 20.5. The van der Waals surface area contributed by atoms with Crippen LogP contribution in [0.1, 0.15) is 75.4 Å². The van der Waals surface area contributed by atoms with E-state index in [0.717, 1.165) is 67.5 Å². The van der Waals surface area contributed by atoms with Crippen molar-refractivity contribution in [3.05, 3.63) is 34.6 Å². The number of fused-ring (bicyclic) bond motifs is 5. The Morgan fingerprint density at radius 3 is 2.28 bits per heavy atom. The second-order valence-corrected chi connectivity index (χ2v) is 11.2. The highest BCUT2D eigenvalue weighted by atomic mass is 16.5. The van der Waals surface area contributed by atoms with Crippen LogP contribution in [0.4, 0.5) is 0 Å². The average Bonchev–Trinajstić information content (AvgIpc) is 2.76. The van der Waals surface area contributed by atoms with Crippen LogP contribution < -0.4 is 0 Å². The molecule has 1 saturated heterocycles. The Labute approximate surface area is 192 Å². The zero-order valence-corrected chi connectivity index (χ0v) is 20.5. The van der Waals surface area contributed by atoms with Crippen molar-refractivity contribution in [1.29, 1.82) is 0 Å². The number of carbonyl (C=O) groups is 1. The molecule has 0 N–H and O–H groups in total. The fourth-order valence-electron chi connectivity index (χ4n) is 6.68. The number of carbonyl (C=O) groups excluding carboxylic acids is 1. The molecular formula is C27H37N3O2. The number of amides is 1. The predicted octanol–water partition coefficient (Wildman–Crippen LogP) is 4.89. The first kappa shape index (κ1) is 21.8. The number of piperidine rings is 1. The smallest absolute Gasteiger partial charge is 0.225 e. The Bertz CT molecular complexity index is 1070. The van der Waals surface area contributed by atoms with Gasteiger partial charge in [0.05, 0.1) is 28.5 Å². The molecule has 2 fully saturated rings. The van der Waals surface area contributed by atoms with Crippen molar-refractivity contribution < 1.29 is 9.53 Å². The van der Waals surface area contributed by atoms with Crippen LogP contribution in [0.15, 0.2) is 12.1 Å². The van der Waals surface area contributed by atoms with E-state index < -0.39 is 0 Å². The van der Waals surface area contributed by atoms with Crippen molar-refractivity contribution in [2.45, 2.75) is 90.7 Å². The molecule has 0 radical (unpaired) electrons. The molecule has 2 aromatic rings. The molecule has 1 aromatic heterocycles. The van der Waals surface area contributed by atoms with Crippen LogP contribution in [-0.4, -0.2) is 46.6 Å². The quantitative estimate of drug-likeness (QED) is 0.674. The van der Waals surface area contributed by atoms with Gasteiger partial charge in [-0.05, 0) is 81.0 Å². The Hall–Kier alpha value is -2.01. The monoisotopic (exact) mass is 435 g/mol. The minimum Gasteiger partial charge on any atom is -0.381 e. The molecule has 2 bridgehead atoms. The molecule has 2 atom stereocenters. The summed E-state index contributed by atoms with van der Waals surface area (Å²) in [5.41, 5.74) is 6.74. The number of benzene rings is 1. The third kappa shape index (κ3) is 3.11. The number of methoxy groups -OCH3 is 1. The number of hydrogen-bond donors (Lipinski definition) is 0. The maximum Gasteiger partial charge on any atom is 0.225 e. The number of likely N-dealkylation sites (tertiary alicyclic amines) is 1. The molecule has 2 aliphatic carbocycles. The Morgan fingerprint density at radius 2 is 1.66 bits per heavy atom. The summed E-state index contributed by atoms with van der Waals surface area (Å²) in [6.07, 6.45) is 6.12. The van der Waals surface area contributed by atoms with Gasteiger partial charge < -0.3 is 9.64 Å². The van der Waals surface area contributed by atoms with Gasteiger partial charge in [-0.15, -0.1) is 0 Å². The van der Waals surface area contributed by atoms with Crippen LogP contribution in [0.25, 0.3) is 11.0 Å². The standard InChI is InChI=1S/C27H37N3O2/c1-16-17(2)29-23-15-21-19(13-22(23)28-16)14-24-26(3,4)27(21,5)11-12-30(24)25(31)18-7-9-20(32-6)10-8-18/h13,15,18,20,24H,7-12,14H2,1-6H3/t18?,20?,24-,27+/m1/s1. The Balaban J connectivity index is 1.51. The Kier molecular flexibility index (Phi) is 5.12. The van der Waals surface area contributed by atoms with Gasteiger partial charge in [0.15, 0.2) is 0 Å². The minimum atomic E-state index is -0.00150. The summed E-state index contributed by atoms with van der Waals surface area (Å²) >= 11 is 0. The van der Waals surface area contributed by atoms with Crippen LogP contribution in [0, 0.1) is 25.2 Å². The number of nitrogens with zero attached hydrogens (tertiary/aromatic N) is 3. The lowest BCUT2D eigenvalue weighted by atomic mass is 9.51. The molecular weight excluding hydrogens is 398 g/mol. The van der Waals surface area contributed by atoms with Crippen molar-refractivity contribution in [3.63, 3.8) is 0 Å². The fraction of sp³-hybridized carbons (Fsp3) is 0.667. The van der Waals surface area contributed by atoms with Gasteiger partial charge in [0.25, 0.3) is 0 Å². The van der Waals surface area contributed by atoms with Crippen LogP contribution in [0.5, 0.6) is 0 Å². The van der Waals surface area contributed by atoms with Gasteiger partial charge in [-0.2, -0.15) is 0 Å². The topological polar surface area (TPSA) is 55.3 Å². The van der Waals surface area contributed by atoms with Crippen molar-refractivity contribution in [1.82, 2.24) is 14.9 Å². The van der Waals surface area contributed by atoms with Crippen molar-refractivity contribution in [2.75, 3.05) is 13.7 Å². The van der Waals surface area contributed by atoms with Gasteiger partial charge in [0, 0.05) is 31.0 Å². The van der Waals surface area contributed by atoms with Gasteiger partial charge in [0.1, 0.15) is 0 Å². The number of rotatable bonds is 2. The summed E-state index contributed by atoms with van der Waals surface area (Å²) in [6.45, 7) is 12.1. The summed E-state index contributed by atoms with van der Waals surface area (Å²) in [5, 5.41) is 0. The highest BCUT2D eigenvalue weighted by molar-refractivity contribution is 5.81. The van der Waals surface area contributed by atoms with E-state index in [-0.39, 0.29) is 22.8 Å². The van der Waals surface area contributed by atoms with E-state index in [1.165, 1.54) is 11.1 Å². The van der Waals surface area contributed by atoms with Crippen molar-refractivity contribution in [2.24, 2.45) is 11.3 Å². The van der Waals surface area contributed by atoms with Gasteiger partial charge in [-0.1, -0.05) is 20.8 Å². The maximum atomic E-state index is 13.7. The molecule has 172 valence electrons. The van der Waals surface area contributed by atoms with E-state index in [4.69, 9.17) is 14.7 Å². The molecule has 5 heteroatoms. The Morgan fingerprint density at radius 1 is 1.03 bits per heavy atom. The van der Waals surface area contributed by atoms with E-state index in [9.17, 15) is 4.79 Å². The predicted molar refractivity (Wildman–Crippen MR) is 127 cm³/mol. The van der Waals surface area contributed by atoms with Crippen molar-refractivity contribution >= 4 is 16.9 Å². The second kappa shape index (κ2) is 7.51. The molecule has 0 unspecified atom stereocenters. The normalized spacial score (nSPS) is 31.4. The first-order chi connectivity index (χ1) is 15.2. The van der Waals surface area contributed by atoms with E-state index in [2.05, 4.69) is 37.8 Å². The van der Waals surface area contributed by atoms with Gasteiger partial charge in [-0.3, -0.25) is 4.79 Å². The number of ether oxygens (including phenoxy) is 1. The molecule has 2 heterocycles. The highest BCUT2D eigenvalue weighted by Crippen LogP contribution is 2.56. The number of aromatic nitrogens is 2. The summed E-state index contributed by atoms with van der Waals surface area (Å²) in [7, 11) is 1.79. The van der Waals surface area contributed by atoms with Crippen LogP contribution in [0.2, 0.25) is 0 Å². The van der Waals surface area contributed by atoms with Gasteiger partial charge >= 0.3 is 0 Å². The summed E-state index contributed by atoms with van der Waals surface area (Å²) in [5.74, 6) is 0.520. The van der Waals surface area contributed by atoms with Gasteiger partial charge in [-0.25, -0.2) is 9.97 Å². The molecule has 3 aliphatic rings. The molecule has 32 heavy (non-hydrogen) atoms. The van der Waals surface area contributed by atoms with E-state index in [1.807, 2.05) is 13.8 Å². The molecule has 1 aliphatic heterocycles. The first-order valence-electron chi connectivity index (χ1n) is 12.3. The molecule has 1 amide bonds. The minimum absolute atomic E-state index is 0.00150. The van der Waals surface area contributed by atoms with Crippen LogP contribution in [-0.2, 0) is 21.4 Å². The maximum absolute atomic E-state index is 13.7. The first-order valence-corrected chi connectivity index (χ1v) is 12.3. The van der Waals surface area contributed by atoms with E-state index >= 15 is 0 Å². The summed E-state index contributed by atoms with van der Waals surface area (Å²) < 4.78 is 5.53. The lowest BCUT2D eigenvalue weighted by Gasteiger charge is -2.61. The fourth-order valence-corrected chi connectivity index (χ4v) is 6.68. The second-order valence-electron chi connectivity index (χ2n) is 11.2. The lowest BCUT2D eigenvalue weighted by molar-refractivity contribution is -0.150. The third-order valence-corrected chi connectivity index (χ3v) is 9.43. The van der Waals surface area contributed by atoms with Crippen LogP contribution in [0.3, 0.4) is 0 Å². The largest absolute Gasteiger partial charge is 0.381 e. The van der Waals surface area contributed by atoms with Crippen LogP contribution >= 0.6 is 0 Å². The zero-order chi connectivity index (χ0) is 22.8. The third-order valence-electron chi connectivity index (χ3n) is 9.43. The lowest BCUT2D eigenvalue weighted by Crippen LogP contribution is -2.65. The SMILES string of the molecule is COC1CCC(C(=O)N2CC[C@@]3(C)c4cc5nc(C)c(C)nc5cc4C[C@@H]2C3(C)C)CC1. The molecule has 5 rings (SSSR count). The van der Waals surface area contributed by atoms with E-state index in [0.29, 0.717) is 12.0 Å². The molecule has 1 aromatic carbocycles. The number of hydrogen-bond acceptors (Lipinski definition) is 4. The summed E-state index contributed by atoms with van der Waals surface area (Å²) in [6, 6.07) is 4.77. The average molecular weight is 436 g/mol. The highest BCUT2D eigenvalue weighted by Gasteiger charge is 2.57.